The zero-order valence-corrected chi connectivity index (χ0v) is 17.9. The largest absolute Gasteiger partial charge is 0.469 e. The van der Waals surface area contributed by atoms with Gasteiger partial charge in [-0.15, -0.1) is 0 Å². The average Bonchev–Trinajstić information content (AvgIpc) is 3.00. The van der Waals surface area contributed by atoms with E-state index in [2.05, 4.69) is 20.8 Å². The van der Waals surface area contributed by atoms with Crippen LogP contribution in [0, 0.1) is 46.3 Å². The number of carbonyl (C=O) groups excluding carboxylic acids is 1. The molecule has 0 radical (unpaired) electrons. The molecule has 0 aromatic carbocycles. The standard InChI is InChI=1S/C24H40O3/c1-5-17(22(26)27-4)19-8-9-20-18-7-6-15-14-16(25)10-12-23(15,2)21(18)11-13-24(19,20)3/h15-21,25H,5-14H2,1-4H3/t15-,16-,17+,18-,19+,20-,21-,23-,24+/m0/s1. The molecule has 0 aliphatic heterocycles. The highest BCUT2D eigenvalue weighted by molar-refractivity contribution is 5.72. The van der Waals surface area contributed by atoms with Crippen molar-refractivity contribution in [3.05, 3.63) is 0 Å². The minimum absolute atomic E-state index is 0.0171. The first-order valence-electron chi connectivity index (χ1n) is 11.6. The number of hydrogen-bond acceptors (Lipinski definition) is 3. The van der Waals surface area contributed by atoms with Gasteiger partial charge in [-0.2, -0.15) is 0 Å². The number of aliphatic hydroxyl groups is 1. The number of fused-ring (bicyclic) bond motifs is 5. The van der Waals surface area contributed by atoms with Gasteiger partial charge in [0.15, 0.2) is 0 Å². The van der Waals surface area contributed by atoms with Gasteiger partial charge in [0.25, 0.3) is 0 Å². The molecule has 3 heteroatoms. The van der Waals surface area contributed by atoms with E-state index in [9.17, 15) is 9.90 Å². The average molecular weight is 377 g/mol. The van der Waals surface area contributed by atoms with E-state index >= 15 is 0 Å². The monoisotopic (exact) mass is 376 g/mol. The third-order valence-electron chi connectivity index (χ3n) is 10.1. The van der Waals surface area contributed by atoms with Gasteiger partial charge in [0.05, 0.1) is 19.1 Å². The van der Waals surface area contributed by atoms with Crippen molar-refractivity contribution in [2.24, 2.45) is 46.3 Å². The third kappa shape index (κ3) is 2.90. The van der Waals surface area contributed by atoms with E-state index in [0.717, 1.165) is 42.9 Å². The maximum absolute atomic E-state index is 12.5. The Hall–Kier alpha value is -0.570. The number of esters is 1. The van der Waals surface area contributed by atoms with Crippen molar-refractivity contribution in [2.45, 2.75) is 91.1 Å². The lowest BCUT2D eigenvalue weighted by atomic mass is 9.44. The van der Waals surface area contributed by atoms with Crippen LogP contribution in [-0.4, -0.2) is 24.3 Å². The fourth-order valence-corrected chi connectivity index (χ4v) is 8.70. The second-order valence-electron chi connectivity index (χ2n) is 10.9. The summed E-state index contributed by atoms with van der Waals surface area (Å²) in [5.74, 6) is 3.77. The summed E-state index contributed by atoms with van der Waals surface area (Å²) >= 11 is 0. The second kappa shape index (κ2) is 7.04. The topological polar surface area (TPSA) is 46.5 Å². The molecule has 4 fully saturated rings. The van der Waals surface area contributed by atoms with Gasteiger partial charge in [0.2, 0.25) is 0 Å². The highest BCUT2D eigenvalue weighted by Crippen LogP contribution is 2.68. The van der Waals surface area contributed by atoms with Gasteiger partial charge in [-0.25, -0.2) is 0 Å². The van der Waals surface area contributed by atoms with Crippen LogP contribution in [0.25, 0.3) is 0 Å². The van der Waals surface area contributed by atoms with Crippen LogP contribution in [0.5, 0.6) is 0 Å². The molecule has 0 heterocycles. The molecule has 27 heavy (non-hydrogen) atoms. The van der Waals surface area contributed by atoms with Gasteiger partial charge in [0, 0.05) is 0 Å². The first-order valence-corrected chi connectivity index (χ1v) is 11.6. The number of methoxy groups -OCH3 is 1. The van der Waals surface area contributed by atoms with E-state index < -0.39 is 0 Å². The molecule has 0 amide bonds. The maximum Gasteiger partial charge on any atom is 0.308 e. The van der Waals surface area contributed by atoms with E-state index in [4.69, 9.17) is 4.74 Å². The van der Waals surface area contributed by atoms with E-state index in [1.807, 2.05) is 0 Å². The van der Waals surface area contributed by atoms with Crippen molar-refractivity contribution >= 4 is 5.97 Å². The van der Waals surface area contributed by atoms with Crippen molar-refractivity contribution in [2.75, 3.05) is 7.11 Å². The minimum atomic E-state index is -0.0605. The Balaban J connectivity index is 1.58. The molecule has 4 aliphatic carbocycles. The number of hydrogen-bond donors (Lipinski definition) is 1. The van der Waals surface area contributed by atoms with E-state index in [1.54, 1.807) is 7.11 Å². The minimum Gasteiger partial charge on any atom is -0.469 e. The highest BCUT2D eigenvalue weighted by atomic mass is 16.5. The van der Waals surface area contributed by atoms with Crippen LogP contribution in [0.2, 0.25) is 0 Å². The van der Waals surface area contributed by atoms with Gasteiger partial charge in [0.1, 0.15) is 0 Å². The summed E-state index contributed by atoms with van der Waals surface area (Å²) < 4.78 is 5.18. The van der Waals surface area contributed by atoms with Gasteiger partial charge >= 0.3 is 5.97 Å². The molecule has 0 aromatic heterocycles. The summed E-state index contributed by atoms with van der Waals surface area (Å²) in [7, 11) is 1.55. The van der Waals surface area contributed by atoms with Crippen molar-refractivity contribution in [1.29, 1.82) is 0 Å². The molecule has 154 valence electrons. The Labute approximate surface area is 165 Å². The van der Waals surface area contributed by atoms with Crippen molar-refractivity contribution in [3.8, 4) is 0 Å². The van der Waals surface area contributed by atoms with Gasteiger partial charge in [-0.1, -0.05) is 20.8 Å². The van der Waals surface area contributed by atoms with Crippen molar-refractivity contribution in [1.82, 2.24) is 0 Å². The molecular weight excluding hydrogens is 336 g/mol. The number of aliphatic hydroxyl groups excluding tert-OH is 1. The summed E-state index contributed by atoms with van der Waals surface area (Å²) in [4.78, 5) is 12.5. The first kappa shape index (κ1) is 19.7. The van der Waals surface area contributed by atoms with Crippen LogP contribution in [0.3, 0.4) is 0 Å². The van der Waals surface area contributed by atoms with E-state index in [1.165, 1.54) is 44.9 Å². The summed E-state index contributed by atoms with van der Waals surface area (Å²) in [6.45, 7) is 7.22. The van der Waals surface area contributed by atoms with Crippen LogP contribution in [0.15, 0.2) is 0 Å². The maximum atomic E-state index is 12.5. The third-order valence-corrected chi connectivity index (χ3v) is 10.1. The number of rotatable bonds is 3. The fraction of sp³-hybridized carbons (Fsp3) is 0.958. The Morgan fingerprint density at radius 1 is 1.04 bits per heavy atom. The quantitative estimate of drug-likeness (QED) is 0.688. The van der Waals surface area contributed by atoms with E-state index in [0.29, 0.717) is 16.7 Å². The van der Waals surface area contributed by atoms with Crippen LogP contribution >= 0.6 is 0 Å². The Morgan fingerprint density at radius 2 is 1.74 bits per heavy atom. The molecule has 4 aliphatic rings. The summed E-state index contributed by atoms with van der Waals surface area (Å²) in [6.07, 6.45) is 11.9. The lowest BCUT2D eigenvalue weighted by Gasteiger charge is -2.61. The van der Waals surface area contributed by atoms with Crippen LogP contribution in [0.4, 0.5) is 0 Å². The van der Waals surface area contributed by atoms with Crippen molar-refractivity contribution in [3.63, 3.8) is 0 Å². The van der Waals surface area contributed by atoms with Crippen LogP contribution in [-0.2, 0) is 9.53 Å². The van der Waals surface area contributed by atoms with Gasteiger partial charge in [-0.05, 0) is 105 Å². The molecule has 0 bridgehead atoms. The molecule has 9 atom stereocenters. The SMILES string of the molecule is CC[C@@H](C(=O)OC)[C@H]1CC[C@H]2[C@@H]3CC[C@H]4C[C@@H](O)CC[C@]4(C)[C@H]3CC[C@]12C. The zero-order chi connectivity index (χ0) is 19.4. The van der Waals surface area contributed by atoms with Crippen LogP contribution in [0.1, 0.15) is 85.0 Å². The van der Waals surface area contributed by atoms with Crippen molar-refractivity contribution < 1.29 is 14.6 Å². The van der Waals surface area contributed by atoms with Crippen LogP contribution < -0.4 is 0 Å². The summed E-state index contributed by atoms with van der Waals surface area (Å²) in [5, 5.41) is 10.2. The lowest BCUT2D eigenvalue weighted by molar-refractivity contribution is -0.154. The molecular formula is C24H40O3. The molecule has 0 unspecified atom stereocenters. The first-order chi connectivity index (χ1) is 12.8. The fourth-order valence-electron chi connectivity index (χ4n) is 8.70. The molecule has 3 nitrogen and oxygen atoms in total. The smallest absolute Gasteiger partial charge is 0.308 e. The highest BCUT2D eigenvalue weighted by Gasteiger charge is 2.61. The predicted molar refractivity (Wildman–Crippen MR) is 107 cm³/mol. The zero-order valence-electron chi connectivity index (χ0n) is 17.9. The predicted octanol–water partition coefficient (Wildman–Crippen LogP) is 5.21. The molecule has 0 saturated heterocycles. The summed E-state index contributed by atoms with van der Waals surface area (Å²) in [5.41, 5.74) is 0.751. The number of carbonyl (C=O) groups is 1. The summed E-state index contributed by atoms with van der Waals surface area (Å²) in [6, 6.07) is 0. The molecule has 4 saturated carbocycles. The second-order valence-corrected chi connectivity index (χ2v) is 10.9. The molecule has 0 spiro atoms. The molecule has 0 aromatic rings. The lowest BCUT2D eigenvalue weighted by Crippen LogP contribution is -2.54. The Morgan fingerprint density at radius 3 is 2.44 bits per heavy atom. The van der Waals surface area contributed by atoms with Gasteiger partial charge in [-0.3, -0.25) is 4.79 Å². The van der Waals surface area contributed by atoms with Gasteiger partial charge < -0.3 is 9.84 Å². The normalized spacial score (nSPS) is 50.3. The Kier molecular flexibility index (Phi) is 5.15. The van der Waals surface area contributed by atoms with E-state index in [-0.39, 0.29) is 18.0 Å². The number of ether oxygens (including phenoxy) is 1. The Bertz CT molecular complexity index is 574. The molecule has 1 N–H and O–H groups in total. The molecule has 4 rings (SSSR count).